The van der Waals surface area contributed by atoms with Crippen molar-refractivity contribution in [1.82, 2.24) is 5.32 Å². The molecule has 0 aliphatic carbocycles. The number of nitrogens with one attached hydrogen (secondary N) is 1. The number of carbonyl (C=O) groups excluding carboxylic acids is 1. The topological polar surface area (TPSA) is 38.3 Å². The third-order valence-electron chi connectivity index (χ3n) is 2.61. The summed E-state index contributed by atoms with van der Waals surface area (Å²) in [6.07, 6.45) is 0. The van der Waals surface area contributed by atoms with Crippen molar-refractivity contribution in [1.29, 1.82) is 0 Å². The molecule has 1 N–H and O–H groups in total. The first kappa shape index (κ1) is 14.8. The highest BCUT2D eigenvalue weighted by Crippen LogP contribution is 2.18. The number of alkyl halides is 1. The molecule has 0 fully saturated rings. The van der Waals surface area contributed by atoms with E-state index in [9.17, 15) is 4.79 Å². The predicted octanol–water partition coefficient (Wildman–Crippen LogP) is 2.97. The quantitative estimate of drug-likeness (QED) is 0.807. The Labute approximate surface area is 113 Å². The molecule has 0 aromatic heterocycles. The van der Waals surface area contributed by atoms with E-state index in [2.05, 4.69) is 5.32 Å². The number of halogens is 1. The lowest BCUT2D eigenvalue weighted by molar-refractivity contribution is -0.128. The molecule has 1 aromatic rings. The second kappa shape index (κ2) is 6.64. The fraction of sp³-hybridized carbons (Fsp3) is 0.500. The highest BCUT2D eigenvalue weighted by Gasteiger charge is 2.25. The van der Waals surface area contributed by atoms with Crippen LogP contribution in [0.15, 0.2) is 24.3 Å². The first-order chi connectivity index (χ1) is 8.49. The smallest absolute Gasteiger partial charge is 0.227 e. The molecule has 1 amide bonds. The molecule has 0 aliphatic rings. The van der Waals surface area contributed by atoms with E-state index in [0.29, 0.717) is 19.0 Å². The molecule has 0 aliphatic heterocycles. The van der Waals surface area contributed by atoms with E-state index in [1.807, 2.05) is 45.0 Å². The second-order valence-corrected chi connectivity index (χ2v) is 5.05. The Morgan fingerprint density at radius 1 is 1.44 bits per heavy atom. The van der Waals surface area contributed by atoms with Gasteiger partial charge in [0.1, 0.15) is 5.75 Å². The molecule has 4 heteroatoms. The van der Waals surface area contributed by atoms with Crippen LogP contribution < -0.4 is 10.1 Å². The number of amides is 1. The van der Waals surface area contributed by atoms with Crippen LogP contribution in [0.25, 0.3) is 0 Å². The van der Waals surface area contributed by atoms with Crippen molar-refractivity contribution in [2.45, 2.75) is 27.3 Å². The summed E-state index contributed by atoms with van der Waals surface area (Å²) < 4.78 is 5.41. The van der Waals surface area contributed by atoms with Crippen LogP contribution in [0.5, 0.6) is 5.75 Å². The van der Waals surface area contributed by atoms with E-state index < -0.39 is 5.41 Å². The molecule has 0 saturated heterocycles. The van der Waals surface area contributed by atoms with Gasteiger partial charge in [-0.15, -0.1) is 11.6 Å². The van der Waals surface area contributed by atoms with E-state index in [-0.39, 0.29) is 5.91 Å². The molecule has 0 saturated carbocycles. The van der Waals surface area contributed by atoms with Crippen molar-refractivity contribution in [2.75, 3.05) is 12.5 Å². The van der Waals surface area contributed by atoms with E-state index in [1.54, 1.807) is 0 Å². The average molecular weight is 270 g/mol. The van der Waals surface area contributed by atoms with Crippen LogP contribution in [0.1, 0.15) is 26.3 Å². The average Bonchev–Trinajstić information content (AvgIpc) is 2.36. The van der Waals surface area contributed by atoms with Gasteiger partial charge >= 0.3 is 0 Å². The largest absolute Gasteiger partial charge is 0.494 e. The molecular formula is C14H20ClNO2. The lowest BCUT2D eigenvalue weighted by Crippen LogP contribution is -2.37. The normalized spacial score (nSPS) is 11.1. The summed E-state index contributed by atoms with van der Waals surface area (Å²) >= 11 is 5.76. The van der Waals surface area contributed by atoms with Crippen molar-refractivity contribution in [3.63, 3.8) is 0 Å². The first-order valence-corrected chi connectivity index (χ1v) is 6.59. The maximum Gasteiger partial charge on any atom is 0.227 e. The molecule has 0 spiro atoms. The van der Waals surface area contributed by atoms with Gasteiger partial charge in [0.05, 0.1) is 12.0 Å². The van der Waals surface area contributed by atoms with Gasteiger partial charge in [0.15, 0.2) is 0 Å². The van der Waals surface area contributed by atoms with Crippen molar-refractivity contribution < 1.29 is 9.53 Å². The van der Waals surface area contributed by atoms with Gasteiger partial charge in [0, 0.05) is 12.4 Å². The minimum absolute atomic E-state index is 0.0423. The Kier molecular flexibility index (Phi) is 5.48. The summed E-state index contributed by atoms with van der Waals surface area (Å²) in [6.45, 7) is 6.71. The Balaban J connectivity index is 2.58. The Hall–Kier alpha value is -1.22. The fourth-order valence-corrected chi connectivity index (χ4v) is 1.52. The third-order valence-corrected chi connectivity index (χ3v) is 3.28. The highest BCUT2D eigenvalue weighted by molar-refractivity contribution is 6.19. The van der Waals surface area contributed by atoms with Crippen LogP contribution in [0.4, 0.5) is 0 Å². The lowest BCUT2D eigenvalue weighted by atomic mass is 9.95. The van der Waals surface area contributed by atoms with Gasteiger partial charge in [-0.05, 0) is 38.5 Å². The van der Waals surface area contributed by atoms with Gasteiger partial charge in [0.25, 0.3) is 0 Å². The van der Waals surface area contributed by atoms with Crippen LogP contribution in [0, 0.1) is 5.41 Å². The summed E-state index contributed by atoms with van der Waals surface area (Å²) in [4.78, 5) is 11.9. The third kappa shape index (κ3) is 4.22. The maximum absolute atomic E-state index is 11.9. The highest BCUT2D eigenvalue weighted by atomic mass is 35.5. The summed E-state index contributed by atoms with van der Waals surface area (Å²) in [5.41, 5.74) is 0.471. The number of hydrogen-bond acceptors (Lipinski definition) is 2. The van der Waals surface area contributed by atoms with Crippen LogP contribution in [0.3, 0.4) is 0 Å². The minimum atomic E-state index is -0.543. The number of ether oxygens (including phenoxy) is 1. The number of benzene rings is 1. The van der Waals surface area contributed by atoms with Gasteiger partial charge < -0.3 is 10.1 Å². The molecule has 0 heterocycles. The van der Waals surface area contributed by atoms with E-state index >= 15 is 0 Å². The Morgan fingerprint density at radius 2 is 2.17 bits per heavy atom. The standard InChI is InChI=1S/C14H20ClNO2/c1-4-18-12-7-5-6-11(8-12)9-16-13(17)14(2,3)10-15/h5-8H,4,9-10H2,1-3H3,(H,16,17). The van der Waals surface area contributed by atoms with Gasteiger partial charge in [0.2, 0.25) is 5.91 Å². The molecular weight excluding hydrogens is 250 g/mol. The van der Waals surface area contributed by atoms with Crippen molar-refractivity contribution in [3.05, 3.63) is 29.8 Å². The van der Waals surface area contributed by atoms with E-state index in [1.165, 1.54) is 0 Å². The first-order valence-electron chi connectivity index (χ1n) is 6.05. The van der Waals surface area contributed by atoms with Crippen molar-refractivity contribution in [3.8, 4) is 5.75 Å². The molecule has 0 unspecified atom stereocenters. The van der Waals surface area contributed by atoms with Gasteiger partial charge in [-0.25, -0.2) is 0 Å². The summed E-state index contributed by atoms with van der Waals surface area (Å²) in [5.74, 6) is 1.08. The number of rotatable bonds is 6. The minimum Gasteiger partial charge on any atom is -0.494 e. The van der Waals surface area contributed by atoms with E-state index in [4.69, 9.17) is 16.3 Å². The molecule has 0 atom stereocenters. The molecule has 1 rings (SSSR count). The molecule has 0 radical (unpaired) electrons. The molecule has 0 bridgehead atoms. The summed E-state index contributed by atoms with van der Waals surface area (Å²) in [6, 6.07) is 7.70. The molecule has 100 valence electrons. The zero-order chi connectivity index (χ0) is 13.6. The van der Waals surface area contributed by atoms with Crippen LogP contribution in [-0.4, -0.2) is 18.4 Å². The van der Waals surface area contributed by atoms with Crippen LogP contribution in [-0.2, 0) is 11.3 Å². The monoisotopic (exact) mass is 269 g/mol. The Bertz CT molecular complexity index is 405. The SMILES string of the molecule is CCOc1cccc(CNC(=O)C(C)(C)CCl)c1. The second-order valence-electron chi connectivity index (χ2n) is 4.78. The molecule has 3 nitrogen and oxygen atoms in total. The predicted molar refractivity (Wildman–Crippen MR) is 74.0 cm³/mol. The van der Waals surface area contributed by atoms with Crippen LogP contribution in [0.2, 0.25) is 0 Å². The van der Waals surface area contributed by atoms with Gasteiger partial charge in [-0.1, -0.05) is 12.1 Å². The van der Waals surface area contributed by atoms with Crippen LogP contribution >= 0.6 is 11.6 Å². The van der Waals surface area contributed by atoms with Crippen molar-refractivity contribution >= 4 is 17.5 Å². The summed E-state index contributed by atoms with van der Waals surface area (Å²) in [5, 5.41) is 2.88. The number of carbonyl (C=O) groups is 1. The maximum atomic E-state index is 11.9. The van der Waals surface area contributed by atoms with Gasteiger partial charge in [-0.3, -0.25) is 4.79 Å². The molecule has 1 aromatic carbocycles. The zero-order valence-electron chi connectivity index (χ0n) is 11.1. The van der Waals surface area contributed by atoms with E-state index in [0.717, 1.165) is 11.3 Å². The molecule has 18 heavy (non-hydrogen) atoms. The van der Waals surface area contributed by atoms with Gasteiger partial charge in [-0.2, -0.15) is 0 Å². The Morgan fingerprint density at radius 3 is 2.78 bits per heavy atom. The fourth-order valence-electron chi connectivity index (χ4n) is 1.39. The number of hydrogen-bond donors (Lipinski definition) is 1. The zero-order valence-corrected chi connectivity index (χ0v) is 11.9. The lowest BCUT2D eigenvalue weighted by Gasteiger charge is -2.20. The van der Waals surface area contributed by atoms with Crippen molar-refractivity contribution in [2.24, 2.45) is 5.41 Å². The summed E-state index contributed by atoms with van der Waals surface area (Å²) in [7, 11) is 0.